The van der Waals surface area contributed by atoms with Gasteiger partial charge >= 0.3 is 0 Å². The molecule has 2 aromatic heterocycles. The van der Waals surface area contributed by atoms with E-state index in [1.165, 1.54) is 6.07 Å². The van der Waals surface area contributed by atoms with Crippen LogP contribution in [0, 0.1) is 0 Å². The van der Waals surface area contributed by atoms with Crippen LogP contribution in [-0.4, -0.2) is 76.6 Å². The van der Waals surface area contributed by atoms with Crippen LogP contribution in [0.25, 0.3) is 0 Å². The van der Waals surface area contributed by atoms with Gasteiger partial charge in [0.15, 0.2) is 0 Å². The van der Waals surface area contributed by atoms with Gasteiger partial charge in [0.25, 0.3) is 12.3 Å². The summed E-state index contributed by atoms with van der Waals surface area (Å²) in [7, 11) is 2.00. The zero-order valence-corrected chi connectivity index (χ0v) is 19.0. The van der Waals surface area contributed by atoms with E-state index in [0.29, 0.717) is 63.5 Å². The Morgan fingerprint density at radius 1 is 1.12 bits per heavy atom. The number of carbonyl (C=O) groups excluding carboxylic acids is 1. The van der Waals surface area contributed by atoms with E-state index in [-0.39, 0.29) is 17.4 Å². The Labute approximate surface area is 196 Å². The van der Waals surface area contributed by atoms with Crippen molar-refractivity contribution < 1.29 is 23.1 Å². The number of pyridine rings is 1. The third-order valence-electron chi connectivity index (χ3n) is 7.48. The highest BCUT2D eigenvalue weighted by Gasteiger charge is 2.46. The number of hydrogen-bond acceptors (Lipinski definition) is 5. The zero-order valence-electron chi connectivity index (χ0n) is 19.0. The molecule has 3 aliphatic heterocycles. The molecular weight excluding hydrogens is 447 g/mol. The lowest BCUT2D eigenvalue weighted by Crippen LogP contribution is -2.56. The largest absolute Gasteiger partial charge is 0.511 e. The second-order valence-corrected chi connectivity index (χ2v) is 9.23. The van der Waals surface area contributed by atoms with Gasteiger partial charge in [0.05, 0.1) is 23.3 Å². The molecule has 1 atom stereocenters. The number of amides is 1. The molecule has 0 saturated carbocycles. The smallest absolute Gasteiger partial charge is 0.274 e. The normalized spacial score (nSPS) is 21.1. The summed E-state index contributed by atoms with van der Waals surface area (Å²) in [6.45, 7) is 2.85. The molecule has 0 radical (unpaired) electrons. The van der Waals surface area contributed by atoms with Crippen molar-refractivity contribution in [1.29, 1.82) is 0 Å². The number of hydrogen-bond donors (Lipinski definition) is 1. The summed E-state index contributed by atoms with van der Waals surface area (Å²) in [5, 5.41) is 9.78. The van der Waals surface area contributed by atoms with Gasteiger partial charge in [-0.1, -0.05) is 0 Å². The molecule has 1 unspecified atom stereocenters. The highest BCUT2D eigenvalue weighted by molar-refractivity contribution is 5.99. The summed E-state index contributed by atoms with van der Waals surface area (Å²) in [5.74, 6) is 0.678. The molecule has 2 aromatic rings. The lowest BCUT2D eigenvalue weighted by atomic mass is 9.81. The van der Waals surface area contributed by atoms with Crippen molar-refractivity contribution in [3.8, 4) is 0 Å². The first-order valence-electron chi connectivity index (χ1n) is 11.5. The number of aliphatic hydroxyl groups is 1. The third-order valence-corrected chi connectivity index (χ3v) is 7.48. The van der Waals surface area contributed by atoms with Crippen LogP contribution in [0.1, 0.15) is 40.8 Å². The van der Waals surface area contributed by atoms with E-state index in [0.717, 1.165) is 5.69 Å². The van der Waals surface area contributed by atoms with Gasteiger partial charge in [-0.2, -0.15) is 0 Å². The van der Waals surface area contributed by atoms with Gasteiger partial charge in [0, 0.05) is 44.6 Å². The standard InChI is InChI=1S/C24H28F3N5O2/c1-29-13-14-32-18(20(25)21(26)27)4-5-19(32)24(29)7-11-30(12-8-24)23(34)17-3-2-9-28-22(17)31-10-6-16(33)15-31/h2-6,9,20-21,33H,7-8,10-15H2,1H3. The Kier molecular flexibility index (Phi) is 5.79. The van der Waals surface area contributed by atoms with Crippen LogP contribution < -0.4 is 4.90 Å². The summed E-state index contributed by atoms with van der Waals surface area (Å²) in [6, 6.07) is 6.72. The molecule has 0 bridgehead atoms. The minimum Gasteiger partial charge on any atom is -0.511 e. The van der Waals surface area contributed by atoms with Crippen molar-refractivity contribution in [1.82, 2.24) is 19.4 Å². The van der Waals surface area contributed by atoms with Crippen molar-refractivity contribution in [2.24, 2.45) is 0 Å². The number of piperidine rings is 1. The van der Waals surface area contributed by atoms with Crippen LogP contribution >= 0.6 is 0 Å². The van der Waals surface area contributed by atoms with Crippen molar-refractivity contribution in [2.75, 3.05) is 44.7 Å². The summed E-state index contributed by atoms with van der Waals surface area (Å²) < 4.78 is 42.1. The molecule has 5 heterocycles. The molecule has 1 fully saturated rings. The molecule has 0 aromatic carbocycles. The van der Waals surface area contributed by atoms with Crippen LogP contribution in [0.2, 0.25) is 0 Å². The second-order valence-electron chi connectivity index (χ2n) is 9.23. The van der Waals surface area contributed by atoms with Gasteiger partial charge in [-0.3, -0.25) is 9.69 Å². The number of alkyl halides is 3. The second kappa shape index (κ2) is 8.65. The number of rotatable bonds is 4. The molecule has 0 aliphatic carbocycles. The molecule has 7 nitrogen and oxygen atoms in total. The summed E-state index contributed by atoms with van der Waals surface area (Å²) in [5.41, 5.74) is 0.921. The Bertz CT molecular complexity index is 1110. The number of halogens is 3. The topological polar surface area (TPSA) is 64.8 Å². The maximum Gasteiger partial charge on any atom is 0.274 e. The number of aliphatic hydroxyl groups excluding tert-OH is 1. The van der Waals surface area contributed by atoms with Gasteiger partial charge in [0.1, 0.15) is 11.6 Å². The molecule has 3 aliphatic rings. The van der Waals surface area contributed by atoms with Gasteiger partial charge in [-0.25, -0.2) is 18.2 Å². The fraction of sp³-hybridized carbons (Fsp3) is 0.500. The maximum absolute atomic E-state index is 14.2. The zero-order chi connectivity index (χ0) is 24.0. The molecule has 1 saturated heterocycles. The van der Waals surface area contributed by atoms with E-state index in [4.69, 9.17) is 0 Å². The van der Waals surface area contributed by atoms with E-state index in [2.05, 4.69) is 9.88 Å². The number of anilines is 1. The minimum atomic E-state index is -3.06. The van der Waals surface area contributed by atoms with Crippen molar-refractivity contribution in [2.45, 2.75) is 37.5 Å². The average molecular weight is 476 g/mol. The summed E-state index contributed by atoms with van der Waals surface area (Å²) >= 11 is 0. The molecule has 182 valence electrons. The van der Waals surface area contributed by atoms with E-state index in [1.807, 2.05) is 11.9 Å². The molecule has 10 heteroatoms. The van der Waals surface area contributed by atoms with Crippen LogP contribution in [0.4, 0.5) is 19.0 Å². The number of nitrogens with zero attached hydrogens (tertiary/aromatic N) is 5. The van der Waals surface area contributed by atoms with Crippen molar-refractivity contribution in [3.05, 3.63) is 59.2 Å². The van der Waals surface area contributed by atoms with E-state index < -0.39 is 18.1 Å². The number of likely N-dealkylation sites (N-methyl/N-ethyl adjacent to an activating group) is 1. The first-order chi connectivity index (χ1) is 16.3. The highest BCUT2D eigenvalue weighted by atomic mass is 19.3. The van der Waals surface area contributed by atoms with E-state index in [9.17, 15) is 23.1 Å². The first kappa shape index (κ1) is 22.8. The van der Waals surface area contributed by atoms with Crippen LogP contribution in [-0.2, 0) is 12.1 Å². The quantitative estimate of drug-likeness (QED) is 0.734. The lowest BCUT2D eigenvalue weighted by molar-refractivity contribution is 0.00839. The predicted molar refractivity (Wildman–Crippen MR) is 121 cm³/mol. The predicted octanol–water partition coefficient (Wildman–Crippen LogP) is 3.50. The number of carbonyl (C=O) groups is 1. The van der Waals surface area contributed by atoms with E-state index in [1.54, 1.807) is 39.9 Å². The number of likely N-dealkylation sites (tertiary alicyclic amines) is 1. The number of fused-ring (bicyclic) bond motifs is 2. The third kappa shape index (κ3) is 3.64. The van der Waals surface area contributed by atoms with Gasteiger partial charge in [-0.15, -0.1) is 0 Å². The van der Waals surface area contributed by atoms with Gasteiger partial charge < -0.3 is 19.5 Å². The molecule has 1 amide bonds. The molecular formula is C24H28F3N5O2. The Hall–Kier alpha value is -3.01. The van der Waals surface area contributed by atoms with Gasteiger partial charge in [0.2, 0.25) is 6.17 Å². The lowest BCUT2D eigenvalue weighted by Gasteiger charge is -2.50. The number of aromatic nitrogens is 2. The molecule has 1 N–H and O–H groups in total. The fourth-order valence-corrected chi connectivity index (χ4v) is 5.57. The Morgan fingerprint density at radius 2 is 1.88 bits per heavy atom. The highest BCUT2D eigenvalue weighted by Crippen LogP contribution is 2.43. The van der Waals surface area contributed by atoms with E-state index >= 15 is 0 Å². The minimum absolute atomic E-state index is 0.0263. The van der Waals surface area contributed by atoms with Crippen LogP contribution in [0.15, 0.2) is 42.3 Å². The maximum atomic E-state index is 14.2. The summed E-state index contributed by atoms with van der Waals surface area (Å²) in [4.78, 5) is 23.7. The SMILES string of the molecule is CN1CCn2c(C(F)C(F)F)ccc2C12CCN(C(=O)c1cccnc1N1CC=C(O)C1)CC2. The van der Waals surface area contributed by atoms with Gasteiger partial charge in [-0.05, 0) is 50.2 Å². The van der Waals surface area contributed by atoms with Crippen molar-refractivity contribution >= 4 is 11.7 Å². The monoisotopic (exact) mass is 475 g/mol. The Balaban J connectivity index is 1.36. The fourth-order valence-electron chi connectivity index (χ4n) is 5.57. The Morgan fingerprint density at radius 3 is 2.56 bits per heavy atom. The van der Waals surface area contributed by atoms with Crippen molar-refractivity contribution in [3.63, 3.8) is 0 Å². The first-order valence-corrected chi connectivity index (χ1v) is 11.5. The summed E-state index contributed by atoms with van der Waals surface area (Å²) in [6.07, 6.45) is -0.800. The van der Waals surface area contributed by atoms with Crippen LogP contribution in [0.3, 0.4) is 0 Å². The molecule has 1 spiro atoms. The average Bonchev–Trinajstić information content (AvgIpc) is 3.48. The molecule has 5 rings (SSSR count). The van der Waals surface area contributed by atoms with Crippen LogP contribution in [0.5, 0.6) is 0 Å². The molecule has 34 heavy (non-hydrogen) atoms.